The molecule has 0 aliphatic carbocycles. The van der Waals surface area contributed by atoms with E-state index in [4.69, 9.17) is 19.9 Å². The molecule has 0 aromatic rings. The zero-order valence-electron chi connectivity index (χ0n) is 10.6. The summed E-state index contributed by atoms with van der Waals surface area (Å²) in [7, 11) is 1.39. The Morgan fingerprint density at radius 2 is 2.41 bits per heavy atom. The van der Waals surface area contributed by atoms with Crippen LogP contribution >= 0.6 is 0 Å². The van der Waals surface area contributed by atoms with E-state index in [9.17, 15) is 4.79 Å². The number of ether oxygens (including phenoxy) is 3. The Labute approximate surface area is 102 Å². The molecule has 2 N–H and O–H groups in total. The lowest BCUT2D eigenvalue weighted by Crippen LogP contribution is -2.53. The Balaban J connectivity index is 2.54. The van der Waals surface area contributed by atoms with Gasteiger partial charge in [0.2, 0.25) is 0 Å². The molecule has 1 aliphatic rings. The minimum atomic E-state index is -0.344. The number of rotatable bonds is 6. The molecule has 17 heavy (non-hydrogen) atoms. The largest absolute Gasteiger partial charge is 0.468 e. The Hall–Kier alpha value is -0.690. The van der Waals surface area contributed by atoms with Crippen LogP contribution in [0, 0.1) is 0 Å². The average Bonchev–Trinajstić information content (AvgIpc) is 2.38. The van der Waals surface area contributed by atoms with E-state index in [-0.39, 0.29) is 18.1 Å². The maximum Gasteiger partial charge on any atom is 0.325 e. The molecule has 1 rings (SSSR count). The summed E-state index contributed by atoms with van der Waals surface area (Å²) in [5, 5.41) is 0. The van der Waals surface area contributed by atoms with E-state index < -0.39 is 0 Å². The molecule has 1 heterocycles. The van der Waals surface area contributed by atoms with Crippen LogP contribution in [-0.4, -0.2) is 69.6 Å². The molecule has 1 fully saturated rings. The second kappa shape index (κ2) is 7.60. The van der Waals surface area contributed by atoms with Gasteiger partial charge >= 0.3 is 5.97 Å². The highest BCUT2D eigenvalue weighted by molar-refractivity contribution is 5.75. The second-order valence-corrected chi connectivity index (χ2v) is 3.92. The number of nitrogens with two attached hydrogens (primary N) is 1. The van der Waals surface area contributed by atoms with Crippen molar-refractivity contribution in [3.63, 3.8) is 0 Å². The van der Waals surface area contributed by atoms with Crippen molar-refractivity contribution in [3.8, 4) is 0 Å². The third-order valence-corrected chi connectivity index (χ3v) is 2.82. The first kappa shape index (κ1) is 14.4. The number of hydrogen-bond donors (Lipinski definition) is 1. The zero-order chi connectivity index (χ0) is 12.7. The summed E-state index contributed by atoms with van der Waals surface area (Å²) in [6.07, 6.45) is -0.0507. The quantitative estimate of drug-likeness (QED) is 0.620. The summed E-state index contributed by atoms with van der Waals surface area (Å²) in [5.74, 6) is -0.267. The lowest BCUT2D eigenvalue weighted by atomic mass is 10.2. The Morgan fingerprint density at radius 1 is 1.65 bits per heavy atom. The highest BCUT2D eigenvalue weighted by Gasteiger charge is 2.31. The van der Waals surface area contributed by atoms with E-state index >= 15 is 0 Å². The number of carbonyl (C=O) groups is 1. The van der Waals surface area contributed by atoms with Gasteiger partial charge in [-0.15, -0.1) is 0 Å². The molecule has 100 valence electrons. The Morgan fingerprint density at radius 3 is 3.00 bits per heavy atom. The fourth-order valence-corrected chi connectivity index (χ4v) is 1.90. The summed E-state index contributed by atoms with van der Waals surface area (Å²) in [6, 6.07) is -0.344. The van der Waals surface area contributed by atoms with Crippen LogP contribution in [0.4, 0.5) is 0 Å². The van der Waals surface area contributed by atoms with Gasteiger partial charge in [-0.2, -0.15) is 0 Å². The molecule has 0 aromatic carbocycles. The first-order chi connectivity index (χ1) is 8.22. The minimum Gasteiger partial charge on any atom is -0.468 e. The molecule has 0 aromatic heterocycles. The molecular weight excluding hydrogens is 224 g/mol. The molecule has 0 amide bonds. The van der Waals surface area contributed by atoms with Gasteiger partial charge in [-0.05, 0) is 6.92 Å². The standard InChI is InChI=1S/C11H22N2O4/c1-3-17-9(6-12)7-13-4-5-16-8-10(13)11(14)15-2/h9-10H,3-8,12H2,1-2H3. The first-order valence-electron chi connectivity index (χ1n) is 5.94. The van der Waals surface area contributed by atoms with Crippen LogP contribution in [0.5, 0.6) is 0 Å². The third-order valence-electron chi connectivity index (χ3n) is 2.82. The molecule has 6 heteroatoms. The number of hydrogen-bond acceptors (Lipinski definition) is 6. The van der Waals surface area contributed by atoms with Crippen LogP contribution in [-0.2, 0) is 19.0 Å². The molecular formula is C11H22N2O4. The van der Waals surface area contributed by atoms with Gasteiger partial charge in [0.15, 0.2) is 0 Å². The van der Waals surface area contributed by atoms with E-state index in [1.165, 1.54) is 7.11 Å². The molecule has 6 nitrogen and oxygen atoms in total. The number of morpholine rings is 1. The number of carbonyl (C=O) groups excluding carboxylic acids is 1. The van der Waals surface area contributed by atoms with Crippen molar-refractivity contribution in [2.75, 3.05) is 46.6 Å². The van der Waals surface area contributed by atoms with Crippen LogP contribution in [0.2, 0.25) is 0 Å². The molecule has 0 spiro atoms. The van der Waals surface area contributed by atoms with Crippen molar-refractivity contribution < 1.29 is 19.0 Å². The monoisotopic (exact) mass is 246 g/mol. The molecule has 0 bridgehead atoms. The normalized spacial score (nSPS) is 23.4. The molecule has 2 atom stereocenters. The average molecular weight is 246 g/mol. The Bertz CT molecular complexity index is 238. The number of esters is 1. The Kier molecular flexibility index (Phi) is 6.43. The maximum atomic E-state index is 11.6. The summed E-state index contributed by atoms with van der Waals surface area (Å²) in [4.78, 5) is 13.6. The van der Waals surface area contributed by atoms with E-state index in [0.29, 0.717) is 39.5 Å². The molecule has 1 saturated heterocycles. The van der Waals surface area contributed by atoms with Gasteiger partial charge in [-0.1, -0.05) is 0 Å². The molecule has 2 unspecified atom stereocenters. The predicted molar refractivity (Wildman–Crippen MR) is 62.7 cm³/mol. The van der Waals surface area contributed by atoms with Gasteiger partial charge in [0, 0.05) is 26.2 Å². The van der Waals surface area contributed by atoms with E-state index in [2.05, 4.69) is 0 Å². The minimum absolute atomic E-state index is 0.0507. The highest BCUT2D eigenvalue weighted by atomic mass is 16.5. The topological polar surface area (TPSA) is 74.0 Å². The van der Waals surface area contributed by atoms with Gasteiger partial charge in [-0.25, -0.2) is 0 Å². The van der Waals surface area contributed by atoms with Crippen LogP contribution in [0.15, 0.2) is 0 Å². The summed E-state index contributed by atoms with van der Waals surface area (Å²) >= 11 is 0. The van der Waals surface area contributed by atoms with E-state index in [1.807, 2.05) is 11.8 Å². The van der Waals surface area contributed by atoms with Gasteiger partial charge in [-0.3, -0.25) is 9.69 Å². The SMILES string of the molecule is CCOC(CN)CN1CCOCC1C(=O)OC. The fraction of sp³-hybridized carbons (Fsp3) is 0.909. The summed E-state index contributed by atoms with van der Waals surface area (Å²) in [6.45, 7) is 5.32. The van der Waals surface area contributed by atoms with Gasteiger partial charge in [0.05, 0.1) is 26.4 Å². The number of methoxy groups -OCH3 is 1. The van der Waals surface area contributed by atoms with E-state index in [0.717, 1.165) is 0 Å². The first-order valence-corrected chi connectivity index (χ1v) is 5.94. The smallest absolute Gasteiger partial charge is 0.325 e. The lowest BCUT2D eigenvalue weighted by molar-refractivity contribution is -0.154. The van der Waals surface area contributed by atoms with Crippen molar-refractivity contribution in [2.24, 2.45) is 5.73 Å². The van der Waals surface area contributed by atoms with Crippen molar-refractivity contribution in [2.45, 2.75) is 19.1 Å². The van der Waals surface area contributed by atoms with Crippen LogP contribution in [0.1, 0.15) is 6.92 Å². The predicted octanol–water partition coefficient (Wildman–Crippen LogP) is -0.776. The van der Waals surface area contributed by atoms with Gasteiger partial charge < -0.3 is 19.9 Å². The third kappa shape index (κ3) is 4.23. The fourth-order valence-electron chi connectivity index (χ4n) is 1.90. The molecule has 0 saturated carbocycles. The summed E-state index contributed by atoms with van der Waals surface area (Å²) in [5.41, 5.74) is 5.63. The van der Waals surface area contributed by atoms with Gasteiger partial charge in [0.25, 0.3) is 0 Å². The second-order valence-electron chi connectivity index (χ2n) is 3.92. The van der Waals surface area contributed by atoms with Crippen LogP contribution < -0.4 is 5.73 Å². The molecule has 1 aliphatic heterocycles. The van der Waals surface area contributed by atoms with Crippen molar-refractivity contribution in [3.05, 3.63) is 0 Å². The number of nitrogens with zero attached hydrogens (tertiary/aromatic N) is 1. The van der Waals surface area contributed by atoms with Gasteiger partial charge in [0.1, 0.15) is 6.04 Å². The van der Waals surface area contributed by atoms with E-state index in [1.54, 1.807) is 0 Å². The van der Waals surface area contributed by atoms with Crippen molar-refractivity contribution in [1.82, 2.24) is 4.90 Å². The van der Waals surface area contributed by atoms with Crippen molar-refractivity contribution in [1.29, 1.82) is 0 Å². The van der Waals surface area contributed by atoms with Crippen LogP contribution in [0.3, 0.4) is 0 Å². The lowest BCUT2D eigenvalue weighted by Gasteiger charge is -2.35. The summed E-state index contributed by atoms with van der Waals surface area (Å²) < 4.78 is 15.6. The maximum absolute atomic E-state index is 11.6. The molecule has 0 radical (unpaired) electrons. The highest BCUT2D eigenvalue weighted by Crippen LogP contribution is 2.10. The van der Waals surface area contributed by atoms with Crippen LogP contribution in [0.25, 0.3) is 0 Å². The zero-order valence-corrected chi connectivity index (χ0v) is 10.6. The van der Waals surface area contributed by atoms with Crippen molar-refractivity contribution >= 4 is 5.97 Å².